The number of thiophene rings is 1. The molecule has 0 bridgehead atoms. The Morgan fingerprint density at radius 1 is 1.09 bits per heavy atom. The second kappa shape index (κ2) is 9.62. The number of carbonyl (C=O) groups is 1. The van der Waals surface area contributed by atoms with Gasteiger partial charge in [-0.25, -0.2) is 9.97 Å². The van der Waals surface area contributed by atoms with E-state index in [0.29, 0.717) is 24.5 Å². The number of carbonyl (C=O) groups excluding carboxylic acids is 1. The lowest BCUT2D eigenvalue weighted by Crippen LogP contribution is -2.40. The number of para-hydroxylation sites is 2. The molecule has 7 nitrogen and oxygen atoms in total. The number of ether oxygens (including phenoxy) is 2. The summed E-state index contributed by atoms with van der Waals surface area (Å²) < 4.78 is 13.7. The van der Waals surface area contributed by atoms with Crippen molar-refractivity contribution in [1.29, 1.82) is 0 Å². The Balaban J connectivity index is 1.33. The summed E-state index contributed by atoms with van der Waals surface area (Å²) in [6.45, 7) is 1.77. The number of piperidine rings is 1. The standard InChI is InChI=1S/C25H26N4O3S/c1-31-21-8-2-3-9-22(21)32-17-23-27-20-7-4-12-26-25(20)29(23)18-10-13-28(14-11-18)24(30)16-19-6-5-15-33-19/h2-9,12,15,18H,10-11,13-14,16-17H2,1H3. The molecule has 0 aliphatic carbocycles. The number of amides is 1. The van der Waals surface area contributed by atoms with Gasteiger partial charge >= 0.3 is 0 Å². The molecule has 170 valence electrons. The zero-order chi connectivity index (χ0) is 22.6. The summed E-state index contributed by atoms with van der Waals surface area (Å²) >= 11 is 1.63. The van der Waals surface area contributed by atoms with Crippen molar-refractivity contribution in [3.63, 3.8) is 0 Å². The maximum atomic E-state index is 12.7. The highest BCUT2D eigenvalue weighted by Gasteiger charge is 2.27. The summed E-state index contributed by atoms with van der Waals surface area (Å²) in [6, 6.07) is 15.7. The molecule has 8 heteroatoms. The largest absolute Gasteiger partial charge is 0.493 e. The molecule has 1 aliphatic rings. The third-order valence-electron chi connectivity index (χ3n) is 6.04. The topological polar surface area (TPSA) is 69.5 Å². The van der Waals surface area contributed by atoms with E-state index < -0.39 is 0 Å². The van der Waals surface area contributed by atoms with Crippen LogP contribution in [0.25, 0.3) is 11.2 Å². The van der Waals surface area contributed by atoms with E-state index in [-0.39, 0.29) is 11.9 Å². The minimum atomic E-state index is 0.198. The van der Waals surface area contributed by atoms with Crippen molar-refractivity contribution in [2.75, 3.05) is 20.2 Å². The first-order valence-corrected chi connectivity index (χ1v) is 12.0. The van der Waals surface area contributed by atoms with E-state index in [1.165, 1.54) is 0 Å². The second-order valence-corrected chi connectivity index (χ2v) is 9.08. The maximum Gasteiger partial charge on any atom is 0.227 e. The van der Waals surface area contributed by atoms with Crippen molar-refractivity contribution in [1.82, 2.24) is 19.4 Å². The van der Waals surface area contributed by atoms with Crippen molar-refractivity contribution in [2.24, 2.45) is 0 Å². The summed E-state index contributed by atoms with van der Waals surface area (Å²) in [5, 5.41) is 2.01. The summed E-state index contributed by atoms with van der Waals surface area (Å²) in [6.07, 6.45) is 4.00. The SMILES string of the molecule is COc1ccccc1OCc1nc2cccnc2n1C1CCN(C(=O)Cc2cccs2)CC1. The fourth-order valence-corrected chi connectivity index (χ4v) is 5.09. The van der Waals surface area contributed by atoms with Gasteiger partial charge in [0, 0.05) is 30.2 Å². The third-order valence-corrected chi connectivity index (χ3v) is 6.91. The van der Waals surface area contributed by atoms with Gasteiger partial charge < -0.3 is 18.9 Å². The second-order valence-electron chi connectivity index (χ2n) is 8.05. The van der Waals surface area contributed by atoms with Crippen LogP contribution in [0, 0.1) is 0 Å². The Kier molecular flexibility index (Phi) is 6.26. The number of imidazole rings is 1. The number of fused-ring (bicyclic) bond motifs is 1. The quantitative estimate of drug-likeness (QED) is 0.405. The van der Waals surface area contributed by atoms with E-state index in [1.807, 2.05) is 58.8 Å². The molecule has 4 aromatic rings. The molecule has 5 rings (SSSR count). The van der Waals surface area contributed by atoms with Crippen LogP contribution in [-0.4, -0.2) is 45.5 Å². The van der Waals surface area contributed by atoms with Crippen molar-refractivity contribution in [3.8, 4) is 11.5 Å². The lowest BCUT2D eigenvalue weighted by molar-refractivity contribution is -0.131. The Morgan fingerprint density at radius 3 is 2.67 bits per heavy atom. The van der Waals surface area contributed by atoms with E-state index in [2.05, 4.69) is 9.55 Å². The highest BCUT2D eigenvalue weighted by atomic mass is 32.1. The van der Waals surface area contributed by atoms with E-state index in [0.717, 1.165) is 47.8 Å². The number of methoxy groups -OCH3 is 1. The monoisotopic (exact) mass is 462 g/mol. The van der Waals surface area contributed by atoms with Crippen molar-refractivity contribution in [2.45, 2.75) is 31.9 Å². The van der Waals surface area contributed by atoms with Gasteiger partial charge in [0.1, 0.15) is 17.9 Å². The van der Waals surface area contributed by atoms with Crippen molar-refractivity contribution < 1.29 is 14.3 Å². The van der Waals surface area contributed by atoms with Crippen LogP contribution in [0.5, 0.6) is 11.5 Å². The predicted octanol–water partition coefficient (Wildman–Crippen LogP) is 4.49. The van der Waals surface area contributed by atoms with Gasteiger partial charge in [-0.2, -0.15) is 0 Å². The van der Waals surface area contributed by atoms with Crippen molar-refractivity contribution >= 4 is 28.4 Å². The van der Waals surface area contributed by atoms with Gasteiger partial charge in [0.2, 0.25) is 5.91 Å². The van der Waals surface area contributed by atoms with Gasteiger partial charge in [-0.15, -0.1) is 11.3 Å². The summed E-state index contributed by atoms with van der Waals surface area (Å²) in [5.74, 6) is 2.40. The van der Waals surface area contributed by atoms with Crippen LogP contribution in [0.3, 0.4) is 0 Å². The molecular formula is C25H26N4O3S. The normalized spacial score (nSPS) is 14.5. The molecule has 1 amide bonds. The summed E-state index contributed by atoms with van der Waals surface area (Å²) in [5.41, 5.74) is 1.71. The summed E-state index contributed by atoms with van der Waals surface area (Å²) in [4.78, 5) is 25.2. The smallest absolute Gasteiger partial charge is 0.227 e. The third kappa shape index (κ3) is 4.57. The molecule has 1 aromatic carbocycles. The number of pyridine rings is 1. The highest BCUT2D eigenvalue weighted by Crippen LogP contribution is 2.31. The molecule has 1 saturated heterocycles. The molecule has 0 unspecified atom stereocenters. The lowest BCUT2D eigenvalue weighted by Gasteiger charge is -2.33. The predicted molar refractivity (Wildman–Crippen MR) is 128 cm³/mol. The molecular weight excluding hydrogens is 436 g/mol. The molecule has 1 aliphatic heterocycles. The van der Waals surface area contributed by atoms with Gasteiger partial charge in [0.25, 0.3) is 0 Å². The van der Waals surface area contributed by atoms with Crippen LogP contribution in [0.4, 0.5) is 0 Å². The first kappa shape index (κ1) is 21.5. The van der Waals surface area contributed by atoms with Crippen LogP contribution in [0.1, 0.15) is 29.6 Å². The zero-order valence-corrected chi connectivity index (χ0v) is 19.3. The first-order valence-electron chi connectivity index (χ1n) is 11.1. The zero-order valence-electron chi connectivity index (χ0n) is 18.5. The van der Waals surface area contributed by atoms with E-state index >= 15 is 0 Å². The van der Waals surface area contributed by atoms with Crippen LogP contribution >= 0.6 is 11.3 Å². The average molecular weight is 463 g/mol. The number of benzene rings is 1. The fraction of sp³-hybridized carbons (Fsp3) is 0.320. The van der Waals surface area contributed by atoms with Gasteiger partial charge in [0.15, 0.2) is 17.1 Å². The number of aromatic nitrogens is 3. The molecule has 0 N–H and O–H groups in total. The Labute approximate surface area is 196 Å². The molecule has 0 atom stereocenters. The molecule has 1 fully saturated rings. The number of likely N-dealkylation sites (tertiary alicyclic amines) is 1. The van der Waals surface area contributed by atoms with Gasteiger partial charge in [-0.3, -0.25) is 4.79 Å². The molecule has 33 heavy (non-hydrogen) atoms. The first-order chi connectivity index (χ1) is 16.2. The van der Waals surface area contributed by atoms with E-state index in [4.69, 9.17) is 14.5 Å². The Hall–Kier alpha value is -3.39. The number of rotatable bonds is 7. The minimum absolute atomic E-state index is 0.198. The van der Waals surface area contributed by atoms with Crippen molar-refractivity contribution in [3.05, 3.63) is 70.8 Å². The molecule has 4 heterocycles. The Bertz CT molecular complexity index is 1230. The number of nitrogens with zero attached hydrogens (tertiary/aromatic N) is 4. The van der Waals surface area contributed by atoms with Gasteiger partial charge in [-0.1, -0.05) is 18.2 Å². The fourth-order valence-electron chi connectivity index (χ4n) is 4.39. The van der Waals surface area contributed by atoms with E-state index in [1.54, 1.807) is 24.6 Å². The maximum absolute atomic E-state index is 12.7. The lowest BCUT2D eigenvalue weighted by atomic mass is 10.0. The minimum Gasteiger partial charge on any atom is -0.493 e. The van der Waals surface area contributed by atoms with E-state index in [9.17, 15) is 4.79 Å². The number of hydrogen-bond donors (Lipinski definition) is 0. The summed E-state index contributed by atoms with van der Waals surface area (Å²) in [7, 11) is 1.63. The Morgan fingerprint density at radius 2 is 1.91 bits per heavy atom. The van der Waals surface area contributed by atoms with Crippen LogP contribution in [0.2, 0.25) is 0 Å². The van der Waals surface area contributed by atoms with Gasteiger partial charge in [0.05, 0.1) is 13.5 Å². The molecule has 0 spiro atoms. The van der Waals surface area contributed by atoms with Crippen LogP contribution in [0.15, 0.2) is 60.1 Å². The molecule has 3 aromatic heterocycles. The van der Waals surface area contributed by atoms with Gasteiger partial charge in [-0.05, 0) is 48.6 Å². The highest BCUT2D eigenvalue weighted by molar-refractivity contribution is 7.10. The van der Waals surface area contributed by atoms with Crippen LogP contribution < -0.4 is 9.47 Å². The molecule has 0 radical (unpaired) electrons. The average Bonchev–Trinajstić information content (AvgIpc) is 3.50. The van der Waals surface area contributed by atoms with Crippen LogP contribution in [-0.2, 0) is 17.8 Å². The number of hydrogen-bond acceptors (Lipinski definition) is 6. The molecule has 0 saturated carbocycles.